The molecule has 1 heterocycles. The molecular weight excluding hydrogens is 284 g/mol. The third-order valence-electron chi connectivity index (χ3n) is 2.79. The van der Waals surface area contributed by atoms with Gasteiger partial charge in [0.05, 0.1) is 12.2 Å². The molecule has 1 aromatic heterocycles. The van der Waals surface area contributed by atoms with Gasteiger partial charge in [0, 0.05) is 12.4 Å². The molecule has 1 amide bonds. The summed E-state index contributed by atoms with van der Waals surface area (Å²) in [6.45, 7) is 3.19. The highest BCUT2D eigenvalue weighted by molar-refractivity contribution is 5.95. The van der Waals surface area contributed by atoms with Gasteiger partial charge in [-0.1, -0.05) is 0 Å². The number of carbonyl (C=O) groups is 1. The summed E-state index contributed by atoms with van der Waals surface area (Å²) in [7, 11) is 0. The number of amides is 1. The minimum absolute atomic E-state index is 0.253. The highest BCUT2D eigenvalue weighted by Crippen LogP contribution is 2.18. The topological polar surface area (TPSA) is 83.7 Å². The van der Waals surface area contributed by atoms with Gasteiger partial charge in [0.15, 0.2) is 0 Å². The second-order valence-electron chi connectivity index (χ2n) is 4.34. The third-order valence-corrected chi connectivity index (χ3v) is 2.79. The predicted octanol–water partition coefficient (Wildman–Crippen LogP) is 2.04. The first-order valence-electron chi connectivity index (χ1n) is 6.93. The Balaban J connectivity index is 1.81. The van der Waals surface area contributed by atoms with Crippen molar-refractivity contribution in [3.63, 3.8) is 0 Å². The zero-order chi connectivity index (χ0) is 15.8. The fraction of sp³-hybridized carbons (Fsp3) is 0.250. The predicted molar refractivity (Wildman–Crippen MR) is 81.4 cm³/mol. The largest absolute Gasteiger partial charge is 0.494 e. The van der Waals surface area contributed by atoms with Crippen LogP contribution in [-0.2, 0) is 0 Å². The van der Waals surface area contributed by atoms with Crippen molar-refractivity contribution in [1.82, 2.24) is 4.98 Å². The van der Waals surface area contributed by atoms with Gasteiger partial charge in [-0.25, -0.2) is 0 Å². The number of nitrogens with two attached hydrogens (primary N) is 1. The van der Waals surface area contributed by atoms with Crippen LogP contribution >= 0.6 is 0 Å². The van der Waals surface area contributed by atoms with Crippen molar-refractivity contribution in [2.75, 3.05) is 19.8 Å². The number of rotatable bonds is 8. The van der Waals surface area contributed by atoms with E-state index in [2.05, 4.69) is 4.98 Å². The van der Waals surface area contributed by atoms with Crippen LogP contribution in [0.15, 0.2) is 42.7 Å². The lowest BCUT2D eigenvalue weighted by atomic mass is 10.2. The normalized spacial score (nSPS) is 10.0. The Morgan fingerprint density at radius 2 is 1.68 bits per heavy atom. The van der Waals surface area contributed by atoms with E-state index in [0.717, 1.165) is 11.5 Å². The van der Waals surface area contributed by atoms with E-state index in [9.17, 15) is 4.79 Å². The molecule has 1 aromatic carbocycles. The highest BCUT2D eigenvalue weighted by atomic mass is 16.5. The molecule has 0 spiro atoms. The third kappa shape index (κ3) is 4.37. The molecule has 0 fully saturated rings. The lowest BCUT2D eigenvalue weighted by molar-refractivity contribution is 0.0994. The average molecular weight is 302 g/mol. The van der Waals surface area contributed by atoms with Gasteiger partial charge in [-0.3, -0.25) is 9.78 Å². The molecule has 116 valence electrons. The van der Waals surface area contributed by atoms with E-state index in [-0.39, 0.29) is 12.2 Å². The van der Waals surface area contributed by atoms with E-state index in [1.54, 1.807) is 6.07 Å². The first-order valence-corrected chi connectivity index (χ1v) is 6.93. The van der Waals surface area contributed by atoms with Gasteiger partial charge in [-0.2, -0.15) is 0 Å². The van der Waals surface area contributed by atoms with Gasteiger partial charge < -0.3 is 19.9 Å². The Hall–Kier alpha value is -2.76. The molecule has 0 saturated heterocycles. The maximum atomic E-state index is 11.2. The number of pyridine rings is 1. The zero-order valence-electron chi connectivity index (χ0n) is 12.3. The summed E-state index contributed by atoms with van der Waals surface area (Å²) < 4.78 is 16.4. The summed E-state index contributed by atoms with van der Waals surface area (Å²) >= 11 is 0. The fourth-order valence-corrected chi connectivity index (χ4v) is 1.80. The number of primary amides is 1. The van der Waals surface area contributed by atoms with Gasteiger partial charge in [0.1, 0.15) is 30.5 Å². The summed E-state index contributed by atoms with van der Waals surface area (Å²) in [5, 5.41) is 0. The molecule has 2 aromatic rings. The Morgan fingerprint density at radius 1 is 1.05 bits per heavy atom. The molecule has 0 bridgehead atoms. The molecule has 0 atom stereocenters. The number of aromatic nitrogens is 1. The van der Waals surface area contributed by atoms with Crippen LogP contribution in [0.3, 0.4) is 0 Å². The first kappa shape index (κ1) is 15.6. The van der Waals surface area contributed by atoms with Gasteiger partial charge in [-0.05, 0) is 37.3 Å². The SMILES string of the molecule is CCOc1ccc(OCCOc2ccncc2C(N)=O)cc1. The first-order chi connectivity index (χ1) is 10.7. The van der Waals surface area contributed by atoms with Crippen molar-refractivity contribution in [3.8, 4) is 17.2 Å². The van der Waals surface area contributed by atoms with E-state index in [1.807, 2.05) is 31.2 Å². The number of hydrogen-bond acceptors (Lipinski definition) is 5. The Morgan fingerprint density at radius 3 is 2.32 bits per heavy atom. The van der Waals surface area contributed by atoms with Gasteiger partial charge in [-0.15, -0.1) is 0 Å². The van der Waals surface area contributed by atoms with Gasteiger partial charge in [0.2, 0.25) is 0 Å². The molecule has 0 aliphatic rings. The molecule has 0 radical (unpaired) electrons. The molecule has 2 N–H and O–H groups in total. The number of nitrogens with zero attached hydrogens (tertiary/aromatic N) is 1. The molecular formula is C16H18N2O4. The summed E-state index contributed by atoms with van der Waals surface area (Å²) in [5.74, 6) is 1.35. The quantitative estimate of drug-likeness (QED) is 0.754. The van der Waals surface area contributed by atoms with Crippen LogP contribution in [0.4, 0.5) is 0 Å². The van der Waals surface area contributed by atoms with E-state index < -0.39 is 5.91 Å². The second kappa shape index (κ2) is 7.87. The number of hydrogen-bond donors (Lipinski definition) is 1. The van der Waals surface area contributed by atoms with Crippen molar-refractivity contribution < 1.29 is 19.0 Å². The van der Waals surface area contributed by atoms with Crippen molar-refractivity contribution >= 4 is 5.91 Å². The molecule has 0 aliphatic carbocycles. The molecule has 0 aliphatic heterocycles. The standard InChI is InChI=1S/C16H18N2O4/c1-2-20-12-3-5-13(6-4-12)21-9-10-22-15-7-8-18-11-14(15)16(17)19/h3-8,11H,2,9-10H2,1H3,(H2,17,19). The number of carbonyl (C=O) groups excluding carboxylic acids is 1. The smallest absolute Gasteiger partial charge is 0.254 e. The van der Waals surface area contributed by atoms with Crippen LogP contribution in [0.1, 0.15) is 17.3 Å². The van der Waals surface area contributed by atoms with Gasteiger partial charge >= 0.3 is 0 Å². The van der Waals surface area contributed by atoms with Crippen molar-refractivity contribution in [1.29, 1.82) is 0 Å². The van der Waals surface area contributed by atoms with E-state index in [0.29, 0.717) is 19.0 Å². The van der Waals surface area contributed by atoms with Crippen LogP contribution in [0.5, 0.6) is 17.2 Å². The van der Waals surface area contributed by atoms with Crippen LogP contribution in [0.25, 0.3) is 0 Å². The van der Waals surface area contributed by atoms with Crippen LogP contribution in [-0.4, -0.2) is 30.7 Å². The number of ether oxygens (including phenoxy) is 3. The minimum atomic E-state index is -0.574. The van der Waals surface area contributed by atoms with Gasteiger partial charge in [0.25, 0.3) is 5.91 Å². The Labute approximate surface area is 128 Å². The molecule has 0 saturated carbocycles. The molecule has 6 nitrogen and oxygen atoms in total. The molecule has 2 rings (SSSR count). The van der Waals surface area contributed by atoms with Crippen LogP contribution in [0.2, 0.25) is 0 Å². The van der Waals surface area contributed by atoms with Crippen molar-refractivity contribution in [2.24, 2.45) is 5.73 Å². The summed E-state index contributed by atoms with van der Waals surface area (Å²) in [4.78, 5) is 15.1. The maximum Gasteiger partial charge on any atom is 0.254 e. The second-order valence-corrected chi connectivity index (χ2v) is 4.34. The monoisotopic (exact) mass is 302 g/mol. The van der Waals surface area contributed by atoms with Crippen LogP contribution < -0.4 is 19.9 Å². The van der Waals surface area contributed by atoms with Crippen LogP contribution in [0, 0.1) is 0 Å². The maximum absolute atomic E-state index is 11.2. The minimum Gasteiger partial charge on any atom is -0.494 e. The Kier molecular flexibility index (Phi) is 5.59. The van der Waals surface area contributed by atoms with E-state index >= 15 is 0 Å². The molecule has 22 heavy (non-hydrogen) atoms. The van der Waals surface area contributed by atoms with E-state index in [1.165, 1.54) is 12.4 Å². The lowest BCUT2D eigenvalue weighted by Gasteiger charge is -2.10. The summed E-state index contributed by atoms with van der Waals surface area (Å²) in [6.07, 6.45) is 2.92. The Bertz CT molecular complexity index is 614. The highest BCUT2D eigenvalue weighted by Gasteiger charge is 2.08. The fourth-order valence-electron chi connectivity index (χ4n) is 1.80. The van der Waals surface area contributed by atoms with E-state index in [4.69, 9.17) is 19.9 Å². The zero-order valence-corrected chi connectivity index (χ0v) is 12.3. The summed E-state index contributed by atoms with van der Waals surface area (Å²) in [5.41, 5.74) is 5.50. The molecule has 0 unspecified atom stereocenters. The molecule has 6 heteroatoms. The van der Waals surface area contributed by atoms with Crippen molar-refractivity contribution in [2.45, 2.75) is 6.92 Å². The lowest BCUT2D eigenvalue weighted by Crippen LogP contribution is -2.15. The average Bonchev–Trinajstić information content (AvgIpc) is 2.53. The summed E-state index contributed by atoms with van der Waals surface area (Å²) in [6, 6.07) is 8.93. The number of benzene rings is 1. The van der Waals surface area contributed by atoms with Crippen molar-refractivity contribution in [3.05, 3.63) is 48.3 Å².